The molecule has 0 amide bonds. The van der Waals surface area contributed by atoms with E-state index in [9.17, 15) is 0 Å². The Balaban J connectivity index is -0.000000107. The molecule has 0 atom stereocenters. The van der Waals surface area contributed by atoms with Crippen LogP contribution in [0.2, 0.25) is 0 Å². The summed E-state index contributed by atoms with van der Waals surface area (Å²) in [6.07, 6.45) is 2.28. The Morgan fingerprint density at radius 2 is 0.818 bits per heavy atom. The summed E-state index contributed by atoms with van der Waals surface area (Å²) in [5.41, 5.74) is 28.7. The van der Waals surface area contributed by atoms with Gasteiger partial charge in [-0.25, -0.2) is 0 Å². The molecule has 0 aromatic carbocycles. The molecule has 0 aromatic rings. The molecule has 6 nitrogen and oxygen atoms in total. The molecule has 62 valence electrons. The molecule has 0 aromatic heterocycles. The predicted molar refractivity (Wildman–Crippen MR) is 48.4 cm³/mol. The van der Waals surface area contributed by atoms with Crippen molar-refractivity contribution >= 4 is 29.6 Å². The molecule has 0 unspecified atom stereocenters. The summed E-state index contributed by atoms with van der Waals surface area (Å²) >= 11 is 0. The van der Waals surface area contributed by atoms with Gasteiger partial charge in [-0.1, -0.05) is 0 Å². The summed E-state index contributed by atoms with van der Waals surface area (Å²) in [4.78, 5) is 0. The molecule has 0 aliphatic rings. The van der Waals surface area contributed by atoms with Gasteiger partial charge in [0.2, 0.25) is 0 Å². The van der Waals surface area contributed by atoms with E-state index in [4.69, 9.17) is 34.4 Å². The van der Waals surface area contributed by atoms with Crippen molar-refractivity contribution < 1.29 is 0 Å². The first-order valence-electron chi connectivity index (χ1n) is 2.40. The minimum atomic E-state index is 0. The molecule has 0 saturated carbocycles. The van der Waals surface area contributed by atoms with Gasteiger partial charge in [0, 0.05) is 12.4 Å². The van der Waals surface area contributed by atoms with Crippen LogP contribution in [0.25, 0.3) is 0 Å². The Bertz CT molecular complexity index is 107. The molecule has 0 fully saturated rings. The summed E-state index contributed by atoms with van der Waals surface area (Å²) in [5.74, 6) is 0.315. The molecule has 11 heavy (non-hydrogen) atoms. The fourth-order valence-corrected chi connectivity index (χ4v) is 0. The maximum absolute atomic E-state index is 4.81. The van der Waals surface area contributed by atoms with E-state index in [1.54, 1.807) is 0 Å². The molecule has 0 spiro atoms. The maximum atomic E-state index is 4.81. The van der Waals surface area contributed by atoms with Crippen LogP contribution in [0.5, 0.6) is 0 Å². The van der Waals surface area contributed by atoms with Crippen LogP contribution in [0, 0.1) is 0 Å². The van der Waals surface area contributed by atoms with Crippen molar-refractivity contribution in [1.29, 1.82) is 0 Å². The van der Waals surface area contributed by atoms with Crippen LogP contribution < -0.4 is 34.4 Å². The Hall–Kier alpha value is -0.720. The van der Waals surface area contributed by atoms with Crippen LogP contribution in [0.15, 0.2) is 24.0 Å². The molecule has 0 aliphatic heterocycles. The number of hydrogen-bond donors (Lipinski definition) is 6. The number of hydrogen-bond acceptors (Lipinski definition) is 6. The third kappa shape index (κ3) is 45.7. The minimum absolute atomic E-state index is 0. The Kier molecular flexibility index (Phi) is 18.2. The molecule has 0 heterocycles. The van der Waals surface area contributed by atoms with Crippen LogP contribution >= 0.6 is 0 Å². The first-order chi connectivity index (χ1) is 4.54. The summed E-state index contributed by atoms with van der Waals surface area (Å²) in [6, 6.07) is 0. The van der Waals surface area contributed by atoms with Crippen molar-refractivity contribution in [3.05, 3.63) is 24.0 Å². The Morgan fingerprint density at radius 3 is 0.818 bits per heavy atom. The second-order valence-corrected chi connectivity index (χ2v) is 1.33. The van der Waals surface area contributed by atoms with Gasteiger partial charge in [-0.15, -0.1) is 0 Å². The summed E-state index contributed by atoms with van der Waals surface area (Å²) in [7, 11) is 0. The average Bonchev–Trinajstić information content (AvgIpc) is 1.89. The van der Waals surface area contributed by atoms with E-state index in [-0.39, 0.29) is 41.2 Å². The van der Waals surface area contributed by atoms with Crippen LogP contribution in [0.4, 0.5) is 0 Å². The van der Waals surface area contributed by atoms with Gasteiger partial charge >= 0.3 is 29.6 Å². The monoisotopic (exact) mass is 170 g/mol. The third-order valence-electron chi connectivity index (χ3n) is 0.385. The van der Waals surface area contributed by atoms with Gasteiger partial charge in [-0.3, -0.25) is 0 Å². The SMILES string of the molecule is NC=C(N)N.NC=C(N)N.[NaH]. The Morgan fingerprint density at radius 1 is 0.727 bits per heavy atom. The summed E-state index contributed by atoms with van der Waals surface area (Å²) < 4.78 is 0. The van der Waals surface area contributed by atoms with Gasteiger partial charge in [-0.05, 0) is 0 Å². The first-order valence-corrected chi connectivity index (χ1v) is 2.40. The van der Waals surface area contributed by atoms with E-state index in [2.05, 4.69) is 0 Å². The molecule has 0 rings (SSSR count). The van der Waals surface area contributed by atoms with E-state index in [1.165, 1.54) is 0 Å². The van der Waals surface area contributed by atoms with Gasteiger partial charge in [0.25, 0.3) is 0 Å². The standard InChI is InChI=1S/2C2H7N3.Na.H/c2*3-1-2(4)5;;/h2*1H,3-5H2;;. The molecule has 0 radical (unpaired) electrons. The van der Waals surface area contributed by atoms with E-state index >= 15 is 0 Å². The van der Waals surface area contributed by atoms with Crippen molar-refractivity contribution in [2.75, 3.05) is 0 Å². The fourth-order valence-electron chi connectivity index (χ4n) is 0. The van der Waals surface area contributed by atoms with Gasteiger partial charge in [0.1, 0.15) is 11.6 Å². The van der Waals surface area contributed by atoms with E-state index in [0.717, 1.165) is 12.4 Å². The van der Waals surface area contributed by atoms with Crippen LogP contribution in [-0.4, -0.2) is 29.6 Å². The van der Waals surface area contributed by atoms with Crippen LogP contribution in [-0.2, 0) is 0 Å². The molecule has 7 heteroatoms. The van der Waals surface area contributed by atoms with Crippen LogP contribution in [0.1, 0.15) is 0 Å². The zero-order valence-corrected chi connectivity index (χ0v) is 5.62. The fraction of sp³-hybridized carbons (Fsp3) is 0. The number of nitrogens with two attached hydrogens (primary N) is 6. The second-order valence-electron chi connectivity index (χ2n) is 1.33. The van der Waals surface area contributed by atoms with Crippen LogP contribution in [0.3, 0.4) is 0 Å². The van der Waals surface area contributed by atoms with Gasteiger partial charge in [0.15, 0.2) is 0 Å². The van der Waals surface area contributed by atoms with Crippen molar-refractivity contribution in [3.8, 4) is 0 Å². The zero-order chi connectivity index (χ0) is 8.57. The molecular formula is C4H15N6Na. The Labute approximate surface area is 87.9 Å². The van der Waals surface area contributed by atoms with Crippen molar-refractivity contribution in [2.24, 2.45) is 34.4 Å². The summed E-state index contributed by atoms with van der Waals surface area (Å²) in [6.45, 7) is 0. The quantitative estimate of drug-likeness (QED) is 0.209. The average molecular weight is 170 g/mol. The van der Waals surface area contributed by atoms with Crippen molar-refractivity contribution in [1.82, 2.24) is 0 Å². The van der Waals surface area contributed by atoms with Gasteiger partial charge < -0.3 is 34.4 Å². The predicted octanol–water partition coefficient (Wildman–Crippen LogP) is -3.33. The summed E-state index contributed by atoms with van der Waals surface area (Å²) in [5, 5.41) is 0. The molecule has 12 N–H and O–H groups in total. The van der Waals surface area contributed by atoms with E-state index in [0.29, 0.717) is 0 Å². The van der Waals surface area contributed by atoms with Crippen molar-refractivity contribution in [2.45, 2.75) is 0 Å². The van der Waals surface area contributed by atoms with Gasteiger partial charge in [0.05, 0.1) is 0 Å². The first kappa shape index (κ1) is 16.7. The van der Waals surface area contributed by atoms with Crippen molar-refractivity contribution in [3.63, 3.8) is 0 Å². The zero-order valence-electron chi connectivity index (χ0n) is 5.62. The van der Waals surface area contributed by atoms with E-state index < -0.39 is 0 Å². The molecule has 0 saturated heterocycles. The second kappa shape index (κ2) is 12.0. The number of rotatable bonds is 0. The van der Waals surface area contributed by atoms with E-state index in [1.807, 2.05) is 0 Å². The molecule has 0 aliphatic carbocycles. The molecule has 0 bridgehead atoms. The molecular weight excluding hydrogens is 155 g/mol. The van der Waals surface area contributed by atoms with Gasteiger partial charge in [-0.2, -0.15) is 0 Å². The third-order valence-corrected chi connectivity index (χ3v) is 0.385. The topological polar surface area (TPSA) is 156 Å². The normalized spacial score (nSPS) is 5.82.